The summed E-state index contributed by atoms with van der Waals surface area (Å²) in [6.07, 6.45) is -3.01. The number of benzene rings is 1. The lowest BCUT2D eigenvalue weighted by molar-refractivity contribution is -0.149. The second kappa shape index (κ2) is 5.15. The van der Waals surface area contributed by atoms with Crippen molar-refractivity contribution < 1.29 is 27.9 Å². The second-order valence-corrected chi connectivity index (χ2v) is 4.67. The van der Waals surface area contributed by atoms with Crippen LogP contribution in [0.1, 0.15) is 28.8 Å². The molecule has 1 aromatic carbocycles. The molecule has 1 N–H and O–H groups in total. The molecular weight excluding hydrogens is 275 g/mol. The van der Waals surface area contributed by atoms with Gasteiger partial charge in [-0.2, -0.15) is 0 Å². The van der Waals surface area contributed by atoms with Crippen LogP contribution in [0.15, 0.2) is 24.3 Å². The van der Waals surface area contributed by atoms with Crippen LogP contribution in [-0.2, 0) is 4.79 Å². The van der Waals surface area contributed by atoms with Crippen molar-refractivity contribution in [1.29, 1.82) is 0 Å². The van der Waals surface area contributed by atoms with Crippen molar-refractivity contribution in [1.82, 2.24) is 4.90 Å². The second-order valence-electron chi connectivity index (χ2n) is 4.67. The molecule has 4 nitrogen and oxygen atoms in total. The average Bonchev–Trinajstić information content (AvgIpc) is 2.82. The minimum absolute atomic E-state index is 0.00237. The van der Waals surface area contributed by atoms with Crippen molar-refractivity contribution in [2.75, 3.05) is 13.1 Å². The molecule has 1 saturated heterocycles. The molecule has 1 aliphatic rings. The van der Waals surface area contributed by atoms with Crippen LogP contribution in [0.5, 0.6) is 0 Å². The number of hydrogen-bond donors (Lipinski definition) is 1. The number of amides is 1. The maximum Gasteiger partial charge on any atom is 0.343 e. The molecule has 0 spiro atoms. The van der Waals surface area contributed by atoms with E-state index in [1.54, 1.807) is 0 Å². The fraction of sp³-hybridized carbons (Fsp3) is 0.385. The number of carboxylic acids is 1. The first-order valence-electron chi connectivity index (χ1n) is 5.93. The molecule has 1 unspecified atom stereocenters. The third-order valence-electron chi connectivity index (χ3n) is 3.28. The van der Waals surface area contributed by atoms with E-state index in [0.717, 1.165) is 11.0 Å². The van der Waals surface area contributed by atoms with Gasteiger partial charge in [0.1, 0.15) is 0 Å². The maximum absolute atomic E-state index is 13.9. The summed E-state index contributed by atoms with van der Waals surface area (Å²) in [6, 6.07) is 4.87. The van der Waals surface area contributed by atoms with Gasteiger partial charge in [0.15, 0.2) is 0 Å². The zero-order valence-electron chi connectivity index (χ0n) is 10.4. The van der Waals surface area contributed by atoms with Crippen molar-refractivity contribution in [3.05, 3.63) is 35.4 Å². The Bertz CT molecular complexity index is 549. The molecule has 0 saturated carbocycles. The first-order valence-corrected chi connectivity index (χ1v) is 5.93. The van der Waals surface area contributed by atoms with Crippen LogP contribution >= 0.6 is 0 Å². The highest BCUT2D eigenvalue weighted by Crippen LogP contribution is 2.28. The smallest absolute Gasteiger partial charge is 0.343 e. The van der Waals surface area contributed by atoms with Gasteiger partial charge in [0.25, 0.3) is 12.3 Å². The Morgan fingerprint density at radius 3 is 2.60 bits per heavy atom. The van der Waals surface area contributed by atoms with Crippen molar-refractivity contribution in [3.8, 4) is 0 Å². The number of carbonyl (C=O) groups excluding carboxylic acids is 1. The van der Waals surface area contributed by atoms with E-state index >= 15 is 0 Å². The molecule has 1 amide bonds. The largest absolute Gasteiger partial charge is 0.479 e. The van der Waals surface area contributed by atoms with Crippen molar-refractivity contribution in [3.63, 3.8) is 0 Å². The summed E-state index contributed by atoms with van der Waals surface area (Å²) in [4.78, 5) is 23.8. The van der Waals surface area contributed by atoms with Crippen LogP contribution in [0.2, 0.25) is 0 Å². The highest BCUT2D eigenvalue weighted by molar-refractivity contribution is 5.95. The maximum atomic E-state index is 13.9. The molecule has 1 aromatic rings. The molecule has 2 rings (SSSR count). The van der Waals surface area contributed by atoms with Crippen LogP contribution in [-0.4, -0.2) is 40.6 Å². The van der Waals surface area contributed by atoms with Crippen LogP contribution in [0, 0.1) is 0 Å². The number of rotatable bonds is 3. The van der Waals surface area contributed by atoms with Gasteiger partial charge in [-0.05, 0) is 12.1 Å². The van der Waals surface area contributed by atoms with Crippen LogP contribution < -0.4 is 0 Å². The summed E-state index contributed by atoms with van der Waals surface area (Å²) < 4.78 is 39.0. The topological polar surface area (TPSA) is 57.6 Å². The summed E-state index contributed by atoms with van der Waals surface area (Å²) in [5.41, 5.74) is -2.77. The van der Waals surface area contributed by atoms with E-state index in [1.165, 1.54) is 18.2 Å². The fourth-order valence-corrected chi connectivity index (χ4v) is 2.11. The van der Waals surface area contributed by atoms with Gasteiger partial charge in [0, 0.05) is 24.1 Å². The molecule has 1 fully saturated rings. The van der Waals surface area contributed by atoms with Gasteiger partial charge < -0.3 is 10.0 Å². The quantitative estimate of drug-likeness (QED) is 0.927. The van der Waals surface area contributed by atoms with Gasteiger partial charge in [0.05, 0.1) is 6.54 Å². The van der Waals surface area contributed by atoms with E-state index in [1.807, 2.05) is 0 Å². The van der Waals surface area contributed by atoms with Gasteiger partial charge in [-0.25, -0.2) is 18.0 Å². The normalized spacial score (nSPS) is 22.3. The van der Waals surface area contributed by atoms with Crippen molar-refractivity contribution in [2.24, 2.45) is 0 Å². The van der Waals surface area contributed by atoms with Crippen molar-refractivity contribution in [2.45, 2.75) is 18.5 Å². The summed E-state index contributed by atoms with van der Waals surface area (Å²) in [5, 5.41) is 8.75. The number of likely N-dealkylation sites (tertiary alicyclic amines) is 1. The zero-order valence-corrected chi connectivity index (χ0v) is 10.4. The number of carbonyl (C=O) groups is 2. The van der Waals surface area contributed by atoms with Crippen molar-refractivity contribution >= 4 is 11.9 Å². The first-order chi connectivity index (χ1) is 9.33. The Morgan fingerprint density at radius 2 is 2.05 bits per heavy atom. The molecule has 20 heavy (non-hydrogen) atoms. The van der Waals surface area contributed by atoms with Crippen LogP contribution in [0.3, 0.4) is 0 Å². The monoisotopic (exact) mass is 287 g/mol. The molecule has 1 aliphatic heterocycles. The fourth-order valence-electron chi connectivity index (χ4n) is 2.11. The van der Waals surface area contributed by atoms with Gasteiger partial charge >= 0.3 is 5.97 Å². The molecule has 0 radical (unpaired) electrons. The minimum atomic E-state index is -2.71. The van der Waals surface area contributed by atoms with Crippen LogP contribution in [0.25, 0.3) is 0 Å². The number of aliphatic carboxylic acids is 1. The molecule has 0 bridgehead atoms. The molecule has 7 heteroatoms. The molecular formula is C13H12F3NO3. The Kier molecular flexibility index (Phi) is 3.69. The van der Waals surface area contributed by atoms with E-state index in [0.29, 0.717) is 0 Å². The Hall–Kier alpha value is -2.05. The zero-order chi connectivity index (χ0) is 14.9. The molecule has 108 valence electrons. The Labute approximate surface area is 112 Å². The van der Waals surface area contributed by atoms with Crippen LogP contribution in [0.4, 0.5) is 13.2 Å². The summed E-state index contributed by atoms with van der Waals surface area (Å²) in [7, 11) is 0. The van der Waals surface area contributed by atoms with Gasteiger partial charge in [-0.15, -0.1) is 0 Å². The standard InChI is InChI=1S/C13H12F3NO3/c14-10(15)8-2-1-3-9(6-8)11(18)17-5-4-13(16,7-17)12(19)20/h1-3,6,10H,4-5,7H2,(H,19,20). The van der Waals surface area contributed by atoms with E-state index in [9.17, 15) is 22.8 Å². The third-order valence-corrected chi connectivity index (χ3v) is 3.28. The highest BCUT2D eigenvalue weighted by atomic mass is 19.3. The number of halogens is 3. The first kappa shape index (κ1) is 14.4. The van der Waals surface area contributed by atoms with Gasteiger partial charge in [-0.3, -0.25) is 4.79 Å². The number of carboxylic acid groups (broad SMARTS) is 1. The van der Waals surface area contributed by atoms with E-state index < -0.39 is 30.5 Å². The lowest BCUT2D eigenvalue weighted by Crippen LogP contribution is -2.38. The molecule has 0 aliphatic carbocycles. The predicted octanol–water partition coefficient (Wildman–Crippen LogP) is 2.26. The Balaban J connectivity index is 2.17. The SMILES string of the molecule is O=C(c1cccc(C(F)F)c1)N1CCC(F)(C(=O)O)C1. The predicted molar refractivity (Wildman–Crippen MR) is 63.4 cm³/mol. The van der Waals surface area contributed by atoms with E-state index in [-0.39, 0.29) is 24.1 Å². The summed E-state index contributed by atoms with van der Waals surface area (Å²) in [5.74, 6) is -2.26. The summed E-state index contributed by atoms with van der Waals surface area (Å²) in [6.45, 7) is -0.624. The molecule has 1 atom stereocenters. The van der Waals surface area contributed by atoms with Gasteiger partial charge in [0.2, 0.25) is 5.67 Å². The number of alkyl halides is 3. The van der Waals surface area contributed by atoms with E-state index in [4.69, 9.17) is 5.11 Å². The third kappa shape index (κ3) is 2.61. The lowest BCUT2D eigenvalue weighted by Gasteiger charge is -2.18. The number of hydrogen-bond acceptors (Lipinski definition) is 2. The molecule has 1 heterocycles. The van der Waals surface area contributed by atoms with Gasteiger partial charge in [-0.1, -0.05) is 12.1 Å². The highest BCUT2D eigenvalue weighted by Gasteiger charge is 2.47. The minimum Gasteiger partial charge on any atom is -0.479 e. The van der Waals surface area contributed by atoms with E-state index in [2.05, 4.69) is 0 Å². The average molecular weight is 287 g/mol. The summed E-state index contributed by atoms with van der Waals surface area (Å²) >= 11 is 0. The lowest BCUT2D eigenvalue weighted by atomic mass is 10.1. The molecule has 0 aromatic heterocycles. The number of nitrogens with zero attached hydrogens (tertiary/aromatic N) is 1. The Morgan fingerprint density at radius 1 is 1.35 bits per heavy atom.